The van der Waals surface area contributed by atoms with E-state index in [4.69, 9.17) is 24.1 Å². The fourth-order valence-corrected chi connectivity index (χ4v) is 13.2. The van der Waals surface area contributed by atoms with Gasteiger partial charge in [-0.15, -0.1) is 0 Å². The number of unbranched alkanes of at least 4 members (excludes halogenated alkanes) is 15. The van der Waals surface area contributed by atoms with Crippen LogP contribution in [0.3, 0.4) is 0 Å². The highest BCUT2D eigenvalue weighted by molar-refractivity contribution is 5.91. The lowest BCUT2D eigenvalue weighted by Gasteiger charge is -2.57. The van der Waals surface area contributed by atoms with E-state index in [1.807, 2.05) is 6.08 Å². The number of rotatable bonds is 33. The molecule has 1 aliphatic heterocycles. The van der Waals surface area contributed by atoms with E-state index in [2.05, 4.69) is 46.4 Å². The van der Waals surface area contributed by atoms with Crippen molar-refractivity contribution in [1.29, 1.82) is 0 Å². The summed E-state index contributed by atoms with van der Waals surface area (Å²) in [6.07, 6.45) is 44.3. The molecule has 8 unspecified atom stereocenters. The zero-order valence-corrected chi connectivity index (χ0v) is 45.1. The normalized spacial score (nSPS) is 27.0. The molecule has 5 rings (SSSR count). The zero-order chi connectivity index (χ0) is 49.6. The first-order valence-electron chi connectivity index (χ1n) is 28.9. The van der Waals surface area contributed by atoms with Crippen molar-refractivity contribution in [2.75, 3.05) is 26.2 Å². The Labute approximate surface area is 417 Å². The SMILES string of the molecule is CCCC1OC2CC3C4CCC5=CC(=O)CCC5(C)C4CCC3(C)C2O1.CCCCCCCC(CCCCCCC)CCCCCCCN(CCCC)CCCCCC(=O)OCC(C)=O.O=CO. The molecule has 0 spiro atoms. The number of ether oxygens (including phenoxy) is 3. The van der Waals surface area contributed by atoms with Crippen LogP contribution in [0, 0.1) is 34.5 Å². The molecule has 0 aromatic carbocycles. The maximum absolute atomic E-state index is 12.0. The van der Waals surface area contributed by atoms with Crippen LogP contribution < -0.4 is 0 Å². The Hall–Kier alpha value is -2.10. The van der Waals surface area contributed by atoms with Gasteiger partial charge in [0.05, 0.1) is 12.2 Å². The average Bonchev–Trinajstić information content (AvgIpc) is 3.85. The van der Waals surface area contributed by atoms with Gasteiger partial charge < -0.3 is 24.2 Å². The van der Waals surface area contributed by atoms with Crippen LogP contribution in [0.15, 0.2) is 11.6 Å². The standard InChI is InChI=1S/C35H69NO3.C23H34O3.CH2O2/c1-5-8-11-14-19-25-34(26-20-15-12-9-6-2)27-21-16-13-17-23-30-36(29-10-7-3)31-24-18-22-28-35(38)39-32-33(4)37;1-4-5-20-25-19-13-18-16-7-6-14-12-15(24)8-10-22(14,2)17(16)9-11-23(18,3)21(19)26-20;2-1-3/h34H,5-32H2,1-4H3;12,16-21H,4-11,13H2,1-3H3;1H,(H,2,3). The molecule has 68 heavy (non-hydrogen) atoms. The molecular weight excluding hydrogens is 851 g/mol. The summed E-state index contributed by atoms with van der Waals surface area (Å²) in [5.41, 5.74) is 2.02. The van der Waals surface area contributed by atoms with Crippen molar-refractivity contribution in [3.05, 3.63) is 11.6 Å². The van der Waals surface area contributed by atoms with E-state index >= 15 is 0 Å². The van der Waals surface area contributed by atoms with Crippen molar-refractivity contribution in [2.45, 2.75) is 279 Å². The molecule has 3 saturated carbocycles. The Balaban J connectivity index is 0.000000360. The molecular formula is C59H105NO8. The number of Topliss-reactive ketones (excluding diaryl/α,β-unsaturated/α-hetero) is 1. The Bertz CT molecular complexity index is 1420. The van der Waals surface area contributed by atoms with Gasteiger partial charge in [-0.1, -0.05) is 176 Å². The first kappa shape index (κ1) is 60.2. The van der Waals surface area contributed by atoms with Crippen LogP contribution in [0.4, 0.5) is 0 Å². The smallest absolute Gasteiger partial charge is 0.306 e. The summed E-state index contributed by atoms with van der Waals surface area (Å²) in [5, 5.41) is 6.89. The lowest BCUT2D eigenvalue weighted by Crippen LogP contribution is -2.51. The summed E-state index contributed by atoms with van der Waals surface area (Å²) < 4.78 is 17.7. The molecule has 4 fully saturated rings. The van der Waals surface area contributed by atoms with Crippen LogP contribution in [0.5, 0.6) is 0 Å². The molecule has 0 aromatic rings. The van der Waals surface area contributed by atoms with Crippen LogP contribution in [0.2, 0.25) is 0 Å². The van der Waals surface area contributed by atoms with Crippen LogP contribution in [-0.4, -0.2) is 78.8 Å². The minimum absolute atomic E-state index is 0.0354. The highest BCUT2D eigenvalue weighted by Gasteiger charge is 2.64. The van der Waals surface area contributed by atoms with E-state index in [1.54, 1.807) is 0 Å². The van der Waals surface area contributed by atoms with Gasteiger partial charge >= 0.3 is 5.97 Å². The van der Waals surface area contributed by atoms with Gasteiger partial charge in [-0.05, 0) is 138 Å². The minimum atomic E-state index is -0.250. The summed E-state index contributed by atoms with van der Waals surface area (Å²) in [4.78, 5) is 45.5. The fourth-order valence-electron chi connectivity index (χ4n) is 13.2. The number of esters is 1. The highest BCUT2D eigenvalue weighted by Crippen LogP contribution is 2.67. The number of nitrogens with zero attached hydrogens (tertiary/aromatic N) is 1. The van der Waals surface area contributed by atoms with Crippen LogP contribution in [-0.2, 0) is 33.4 Å². The molecule has 0 radical (unpaired) electrons. The van der Waals surface area contributed by atoms with Crippen molar-refractivity contribution < 1.29 is 38.5 Å². The molecule has 1 heterocycles. The molecule has 1 saturated heterocycles. The van der Waals surface area contributed by atoms with Crippen molar-refractivity contribution in [3.63, 3.8) is 0 Å². The van der Waals surface area contributed by atoms with Gasteiger partial charge in [-0.2, -0.15) is 0 Å². The van der Waals surface area contributed by atoms with Crippen LogP contribution in [0.1, 0.15) is 260 Å². The largest absolute Gasteiger partial charge is 0.483 e. The second kappa shape index (κ2) is 34.3. The van der Waals surface area contributed by atoms with Crippen LogP contribution in [0.25, 0.3) is 0 Å². The monoisotopic (exact) mass is 956 g/mol. The quantitative estimate of drug-likeness (QED) is 0.0389. The lowest BCUT2D eigenvalue weighted by atomic mass is 9.47. The highest BCUT2D eigenvalue weighted by atomic mass is 16.7. The lowest BCUT2D eigenvalue weighted by molar-refractivity contribution is -0.147. The summed E-state index contributed by atoms with van der Waals surface area (Å²) in [6, 6.07) is 0. The molecule has 394 valence electrons. The van der Waals surface area contributed by atoms with Gasteiger partial charge in [0, 0.05) is 12.8 Å². The Morgan fingerprint density at radius 1 is 0.735 bits per heavy atom. The number of carbonyl (C=O) groups excluding carboxylic acids is 3. The predicted molar refractivity (Wildman–Crippen MR) is 279 cm³/mol. The maximum Gasteiger partial charge on any atom is 0.306 e. The Morgan fingerprint density at radius 2 is 1.29 bits per heavy atom. The van der Waals surface area contributed by atoms with Crippen molar-refractivity contribution in [2.24, 2.45) is 34.5 Å². The number of hydrogen-bond acceptors (Lipinski definition) is 8. The van der Waals surface area contributed by atoms with E-state index < -0.39 is 0 Å². The maximum atomic E-state index is 12.0. The van der Waals surface area contributed by atoms with Crippen molar-refractivity contribution in [1.82, 2.24) is 4.90 Å². The van der Waals surface area contributed by atoms with E-state index in [0.29, 0.717) is 24.4 Å². The second-order valence-electron chi connectivity index (χ2n) is 22.5. The number of fused-ring (bicyclic) bond motifs is 7. The summed E-state index contributed by atoms with van der Waals surface area (Å²) in [6.45, 7) is 18.7. The van der Waals surface area contributed by atoms with Crippen molar-refractivity contribution >= 4 is 24.0 Å². The first-order chi connectivity index (χ1) is 32.9. The number of carboxylic acid groups (broad SMARTS) is 1. The summed E-state index contributed by atoms with van der Waals surface area (Å²) in [5.74, 6) is 3.27. The van der Waals surface area contributed by atoms with Gasteiger partial charge in [-0.3, -0.25) is 19.2 Å². The van der Waals surface area contributed by atoms with Gasteiger partial charge in [0.1, 0.15) is 6.61 Å². The summed E-state index contributed by atoms with van der Waals surface area (Å²) in [7, 11) is 0. The van der Waals surface area contributed by atoms with Gasteiger partial charge in [0.25, 0.3) is 6.47 Å². The minimum Gasteiger partial charge on any atom is -0.483 e. The molecule has 1 N–H and O–H groups in total. The van der Waals surface area contributed by atoms with Gasteiger partial charge in [-0.25, -0.2) is 0 Å². The zero-order valence-electron chi connectivity index (χ0n) is 45.1. The number of ketones is 2. The molecule has 0 bridgehead atoms. The fraction of sp³-hybridized carbons (Fsp3) is 0.898. The third-order valence-electron chi connectivity index (χ3n) is 17.2. The average molecular weight is 956 g/mol. The molecule has 9 nitrogen and oxygen atoms in total. The topological polar surface area (TPSA) is 119 Å². The Morgan fingerprint density at radius 3 is 1.88 bits per heavy atom. The molecule has 0 aromatic heterocycles. The predicted octanol–water partition coefficient (Wildman–Crippen LogP) is 15.2. The number of hydrogen-bond donors (Lipinski definition) is 1. The molecule has 5 aliphatic rings. The third kappa shape index (κ3) is 20.6. The van der Waals surface area contributed by atoms with E-state index in [0.717, 1.165) is 81.6 Å². The molecule has 8 atom stereocenters. The Kier molecular flexibility index (Phi) is 30.4. The molecule has 9 heteroatoms. The van der Waals surface area contributed by atoms with Gasteiger partial charge in [0.2, 0.25) is 0 Å². The molecule has 4 aliphatic carbocycles. The van der Waals surface area contributed by atoms with E-state index in [1.165, 1.54) is 180 Å². The molecule has 0 amide bonds. The second-order valence-corrected chi connectivity index (χ2v) is 22.5. The van der Waals surface area contributed by atoms with E-state index in [-0.39, 0.29) is 42.0 Å². The number of carbonyl (C=O) groups is 4. The van der Waals surface area contributed by atoms with Crippen molar-refractivity contribution in [3.8, 4) is 0 Å². The first-order valence-corrected chi connectivity index (χ1v) is 28.9. The van der Waals surface area contributed by atoms with Gasteiger partial charge in [0.15, 0.2) is 17.9 Å². The number of allylic oxidation sites excluding steroid dienone is 1. The van der Waals surface area contributed by atoms with Crippen LogP contribution >= 0.6 is 0 Å². The third-order valence-corrected chi connectivity index (χ3v) is 17.2. The summed E-state index contributed by atoms with van der Waals surface area (Å²) >= 11 is 0. The van der Waals surface area contributed by atoms with E-state index in [9.17, 15) is 14.4 Å².